The zero-order valence-corrected chi connectivity index (χ0v) is 22.6. The molecule has 0 aliphatic heterocycles. The highest BCUT2D eigenvalue weighted by molar-refractivity contribution is 7.07. The SMILES string of the molecule is CCN=c1scc(-c2ccc([N+](=O)[O-])cc2)n1/N=C\c1cn(-c2ccccc2)nc1-c1cc2ccccc2oc1=O. The van der Waals surface area contributed by atoms with E-state index >= 15 is 0 Å². The van der Waals surface area contributed by atoms with Crippen LogP contribution in [0.5, 0.6) is 0 Å². The van der Waals surface area contributed by atoms with Crippen LogP contribution >= 0.6 is 11.3 Å². The fourth-order valence-electron chi connectivity index (χ4n) is 4.36. The molecule has 6 rings (SSSR count). The van der Waals surface area contributed by atoms with Crippen LogP contribution in [0.15, 0.2) is 116 Å². The van der Waals surface area contributed by atoms with Crippen molar-refractivity contribution in [3.63, 3.8) is 0 Å². The van der Waals surface area contributed by atoms with Crippen molar-refractivity contribution in [3.05, 3.63) is 127 Å². The molecule has 0 saturated carbocycles. The fourth-order valence-corrected chi connectivity index (χ4v) is 5.26. The first kappa shape index (κ1) is 25.8. The molecule has 0 atom stereocenters. The fraction of sp³-hybridized carbons (Fsp3) is 0.0667. The summed E-state index contributed by atoms with van der Waals surface area (Å²) in [6.45, 7) is 2.48. The van der Waals surface area contributed by atoms with Crippen LogP contribution in [0.25, 0.3) is 39.2 Å². The summed E-state index contributed by atoms with van der Waals surface area (Å²) in [5, 5.41) is 23.3. The number of aromatic nitrogens is 3. The molecule has 0 saturated heterocycles. The smallest absolute Gasteiger partial charge is 0.345 e. The Bertz CT molecular complexity index is 2040. The molecule has 3 aromatic heterocycles. The van der Waals surface area contributed by atoms with Gasteiger partial charge in [0.25, 0.3) is 5.69 Å². The number of nitro benzene ring substituents is 1. The summed E-state index contributed by atoms with van der Waals surface area (Å²) in [7, 11) is 0. The number of hydrogen-bond acceptors (Lipinski definition) is 8. The lowest BCUT2D eigenvalue weighted by atomic mass is 10.1. The topological polar surface area (TPSA) is 121 Å². The van der Waals surface area contributed by atoms with Crippen molar-refractivity contribution in [1.82, 2.24) is 14.5 Å². The van der Waals surface area contributed by atoms with Gasteiger partial charge in [-0.1, -0.05) is 36.4 Å². The normalized spacial score (nSPS) is 12.0. The maximum absolute atomic E-state index is 13.1. The van der Waals surface area contributed by atoms with E-state index in [4.69, 9.17) is 14.6 Å². The third-order valence-electron chi connectivity index (χ3n) is 6.32. The van der Waals surface area contributed by atoms with Crippen LogP contribution in [0, 0.1) is 10.1 Å². The largest absolute Gasteiger partial charge is 0.422 e. The summed E-state index contributed by atoms with van der Waals surface area (Å²) in [4.78, 5) is 29.0. The van der Waals surface area contributed by atoms with E-state index in [0.717, 1.165) is 22.3 Å². The lowest BCUT2D eigenvalue weighted by Crippen LogP contribution is -2.12. The zero-order valence-electron chi connectivity index (χ0n) is 21.7. The van der Waals surface area contributed by atoms with Gasteiger partial charge in [-0.2, -0.15) is 10.2 Å². The number of para-hydroxylation sites is 2. The summed E-state index contributed by atoms with van der Waals surface area (Å²) in [6.07, 6.45) is 3.44. The molecule has 0 spiro atoms. The number of fused-ring (bicyclic) bond motifs is 1. The Labute approximate surface area is 236 Å². The van der Waals surface area contributed by atoms with Gasteiger partial charge in [0.2, 0.25) is 4.80 Å². The van der Waals surface area contributed by atoms with E-state index in [1.807, 2.05) is 60.8 Å². The lowest BCUT2D eigenvalue weighted by Gasteiger charge is -2.04. The molecule has 3 heterocycles. The molecule has 0 amide bonds. The third-order valence-corrected chi connectivity index (χ3v) is 7.18. The number of rotatable bonds is 7. The minimum absolute atomic E-state index is 0.00434. The van der Waals surface area contributed by atoms with Crippen LogP contribution in [0.2, 0.25) is 0 Å². The molecule has 0 aliphatic carbocycles. The second kappa shape index (κ2) is 11.0. The Morgan fingerprint density at radius 1 is 1.05 bits per heavy atom. The molecule has 0 bridgehead atoms. The van der Waals surface area contributed by atoms with Crippen LogP contribution in [0.1, 0.15) is 12.5 Å². The maximum Gasteiger partial charge on any atom is 0.345 e. The van der Waals surface area contributed by atoms with Crippen LogP contribution in [-0.4, -0.2) is 32.1 Å². The van der Waals surface area contributed by atoms with E-state index in [9.17, 15) is 14.9 Å². The maximum atomic E-state index is 13.1. The predicted molar refractivity (Wildman–Crippen MR) is 159 cm³/mol. The van der Waals surface area contributed by atoms with Gasteiger partial charge < -0.3 is 4.42 Å². The molecule has 202 valence electrons. The monoisotopic (exact) mass is 562 g/mol. The van der Waals surface area contributed by atoms with Crippen LogP contribution < -0.4 is 10.4 Å². The van der Waals surface area contributed by atoms with E-state index in [2.05, 4.69) is 4.99 Å². The van der Waals surface area contributed by atoms with Gasteiger partial charge in [0, 0.05) is 46.8 Å². The highest BCUT2D eigenvalue weighted by atomic mass is 32.1. The van der Waals surface area contributed by atoms with Crippen molar-refractivity contribution in [2.75, 3.05) is 6.54 Å². The molecule has 11 heteroatoms. The summed E-state index contributed by atoms with van der Waals surface area (Å²) >= 11 is 1.41. The highest BCUT2D eigenvalue weighted by Gasteiger charge is 2.17. The molecule has 41 heavy (non-hydrogen) atoms. The van der Waals surface area contributed by atoms with Gasteiger partial charge in [0.15, 0.2) is 0 Å². The van der Waals surface area contributed by atoms with E-state index in [0.29, 0.717) is 33.8 Å². The molecule has 0 unspecified atom stereocenters. The minimum Gasteiger partial charge on any atom is -0.422 e. The van der Waals surface area contributed by atoms with Gasteiger partial charge >= 0.3 is 5.63 Å². The number of thiazole rings is 1. The Morgan fingerprint density at radius 3 is 2.56 bits per heavy atom. The molecule has 0 N–H and O–H groups in total. The molecule has 3 aromatic carbocycles. The standard InChI is InChI=1S/C30H22N6O4S/c1-2-31-30-35(26(19-41-30)20-12-14-24(15-13-20)36(38)39)32-17-22-18-34(23-9-4-3-5-10-23)33-28(22)25-16-21-8-6-7-11-27(21)40-29(25)37/h3-19H,2H2,1H3/b31-30?,32-17-. The lowest BCUT2D eigenvalue weighted by molar-refractivity contribution is -0.384. The van der Waals surface area contributed by atoms with E-state index in [1.165, 1.54) is 23.5 Å². The van der Waals surface area contributed by atoms with Gasteiger partial charge in [0.05, 0.1) is 28.1 Å². The van der Waals surface area contributed by atoms with E-state index in [-0.39, 0.29) is 5.69 Å². The molecular formula is C30H22N6O4S. The number of nitrogens with zero attached hydrogens (tertiary/aromatic N) is 6. The van der Waals surface area contributed by atoms with Crippen LogP contribution in [0.3, 0.4) is 0 Å². The van der Waals surface area contributed by atoms with Crippen LogP contribution in [-0.2, 0) is 0 Å². The van der Waals surface area contributed by atoms with Gasteiger partial charge in [-0.25, -0.2) is 14.2 Å². The zero-order chi connectivity index (χ0) is 28.3. The second-order valence-corrected chi connectivity index (χ2v) is 9.77. The number of hydrogen-bond donors (Lipinski definition) is 0. The minimum atomic E-state index is -0.506. The van der Waals surface area contributed by atoms with Crippen molar-refractivity contribution in [3.8, 4) is 28.2 Å². The summed E-state index contributed by atoms with van der Waals surface area (Å²) in [5.74, 6) is 0. The van der Waals surface area contributed by atoms with Crippen molar-refractivity contribution in [2.24, 2.45) is 10.1 Å². The summed E-state index contributed by atoms with van der Waals surface area (Å²) in [6, 6.07) is 24.9. The Kier molecular flexibility index (Phi) is 6.92. The van der Waals surface area contributed by atoms with Crippen molar-refractivity contribution < 1.29 is 9.34 Å². The average molecular weight is 563 g/mol. The van der Waals surface area contributed by atoms with Gasteiger partial charge in [-0.05, 0) is 43.3 Å². The predicted octanol–water partition coefficient (Wildman–Crippen LogP) is 5.89. The first-order chi connectivity index (χ1) is 20.0. The highest BCUT2D eigenvalue weighted by Crippen LogP contribution is 2.25. The van der Waals surface area contributed by atoms with Gasteiger partial charge in [-0.3, -0.25) is 15.1 Å². The number of benzene rings is 3. The van der Waals surface area contributed by atoms with E-state index < -0.39 is 10.5 Å². The molecular weight excluding hydrogens is 540 g/mol. The molecule has 0 aliphatic rings. The molecule has 0 radical (unpaired) electrons. The third kappa shape index (κ3) is 5.13. The second-order valence-electron chi connectivity index (χ2n) is 8.94. The van der Waals surface area contributed by atoms with Gasteiger partial charge in [0.1, 0.15) is 11.3 Å². The Morgan fingerprint density at radius 2 is 1.80 bits per heavy atom. The quantitative estimate of drug-likeness (QED) is 0.104. The van der Waals surface area contributed by atoms with Gasteiger partial charge in [-0.15, -0.1) is 11.3 Å². The molecule has 6 aromatic rings. The first-order valence-electron chi connectivity index (χ1n) is 12.7. The van der Waals surface area contributed by atoms with Crippen molar-refractivity contribution >= 4 is 34.2 Å². The van der Waals surface area contributed by atoms with Crippen LogP contribution in [0.4, 0.5) is 5.69 Å². The number of non-ortho nitro benzene ring substituents is 1. The van der Waals surface area contributed by atoms with Crippen molar-refractivity contribution in [1.29, 1.82) is 0 Å². The van der Waals surface area contributed by atoms with Crippen molar-refractivity contribution in [2.45, 2.75) is 6.92 Å². The number of nitro groups is 1. The summed E-state index contributed by atoms with van der Waals surface area (Å²) in [5.41, 5.74) is 3.59. The summed E-state index contributed by atoms with van der Waals surface area (Å²) < 4.78 is 8.98. The molecule has 10 nitrogen and oxygen atoms in total. The Hall–Kier alpha value is -5.42. The first-order valence-corrected chi connectivity index (χ1v) is 13.6. The van der Waals surface area contributed by atoms with E-state index in [1.54, 1.807) is 46.0 Å². The Balaban J connectivity index is 1.50. The molecule has 0 fully saturated rings. The average Bonchev–Trinajstić information content (AvgIpc) is 3.60.